The molecule has 5 N–H and O–H groups in total. The molecule has 0 saturated carbocycles. The van der Waals surface area contributed by atoms with Gasteiger partial charge in [-0.3, -0.25) is 4.90 Å². The number of hydrogen-bond donors (Lipinski definition) is 4. The molecule has 0 aromatic heterocycles. The van der Waals surface area contributed by atoms with Crippen LogP contribution in [0.4, 0.5) is 4.79 Å². The molecule has 0 bridgehead atoms. The number of benzene rings is 2. The van der Waals surface area contributed by atoms with E-state index >= 15 is 0 Å². The Morgan fingerprint density at radius 1 is 1.10 bits per heavy atom. The third-order valence-corrected chi connectivity index (χ3v) is 9.12. The van der Waals surface area contributed by atoms with Crippen LogP contribution in [0.3, 0.4) is 0 Å². The van der Waals surface area contributed by atoms with Gasteiger partial charge in [-0.25, -0.2) is 17.9 Å². The van der Waals surface area contributed by atoms with Crippen LogP contribution < -0.4 is 20.5 Å². The Morgan fingerprint density at radius 2 is 1.83 bits per heavy atom. The largest absolute Gasteiger partial charge is 0.484 e. The zero-order chi connectivity index (χ0) is 29.4. The van der Waals surface area contributed by atoms with E-state index < -0.39 is 22.2 Å². The number of halogens is 2. The maximum absolute atomic E-state index is 12.7. The summed E-state index contributed by atoms with van der Waals surface area (Å²) in [6.07, 6.45) is 0.745. The highest BCUT2D eigenvalue weighted by Crippen LogP contribution is 2.43. The van der Waals surface area contributed by atoms with Gasteiger partial charge in [-0.15, -0.1) is 0 Å². The molecule has 11 nitrogen and oxygen atoms in total. The molecule has 1 fully saturated rings. The van der Waals surface area contributed by atoms with Crippen molar-refractivity contribution in [1.29, 1.82) is 0 Å². The van der Waals surface area contributed by atoms with Crippen LogP contribution in [0, 0.1) is 0 Å². The molecule has 14 heteroatoms. The van der Waals surface area contributed by atoms with Crippen LogP contribution in [0.25, 0.3) is 0 Å². The molecule has 1 amide bonds. The Morgan fingerprint density at radius 3 is 2.54 bits per heavy atom. The van der Waals surface area contributed by atoms with Gasteiger partial charge in [0.2, 0.25) is 10.0 Å². The van der Waals surface area contributed by atoms with Gasteiger partial charge in [0.25, 0.3) is 0 Å². The fraction of sp³-hybridized carbons (Fsp3) is 0.519. The van der Waals surface area contributed by atoms with Crippen molar-refractivity contribution in [3.05, 3.63) is 57.6 Å². The minimum Gasteiger partial charge on any atom is -0.484 e. The minimum atomic E-state index is -3.74. The third-order valence-electron chi connectivity index (χ3n) is 7.08. The predicted molar refractivity (Wildman–Crippen MR) is 155 cm³/mol. The summed E-state index contributed by atoms with van der Waals surface area (Å²) < 4.78 is 45.0. The fourth-order valence-corrected chi connectivity index (χ4v) is 6.86. The quantitative estimate of drug-likeness (QED) is 0.231. The van der Waals surface area contributed by atoms with E-state index in [4.69, 9.17) is 43.1 Å². The lowest BCUT2D eigenvalue weighted by Gasteiger charge is -2.39. The van der Waals surface area contributed by atoms with Crippen molar-refractivity contribution >= 4 is 39.3 Å². The van der Waals surface area contributed by atoms with Gasteiger partial charge < -0.3 is 30.4 Å². The summed E-state index contributed by atoms with van der Waals surface area (Å²) in [6.45, 7) is 3.29. The molecular weight excluding hydrogens is 595 g/mol. The predicted octanol–water partition coefficient (Wildman–Crippen LogP) is 3.04. The molecule has 1 aliphatic carbocycles. The maximum atomic E-state index is 12.7. The molecule has 1 unspecified atom stereocenters. The van der Waals surface area contributed by atoms with Crippen LogP contribution in [-0.4, -0.2) is 89.2 Å². The van der Waals surface area contributed by atoms with Crippen molar-refractivity contribution in [2.45, 2.75) is 42.3 Å². The first-order valence-corrected chi connectivity index (χ1v) is 15.7. The third kappa shape index (κ3) is 8.68. The average Bonchev–Trinajstić information content (AvgIpc) is 3.28. The van der Waals surface area contributed by atoms with Crippen LogP contribution in [0.1, 0.15) is 30.1 Å². The van der Waals surface area contributed by atoms with Gasteiger partial charge in [-0.2, -0.15) is 0 Å². The van der Waals surface area contributed by atoms with E-state index in [0.29, 0.717) is 55.1 Å². The molecule has 1 aliphatic heterocycles. The Kier molecular flexibility index (Phi) is 11.5. The Hall–Kier alpha value is -2.16. The van der Waals surface area contributed by atoms with E-state index in [1.54, 1.807) is 18.2 Å². The monoisotopic (exact) mass is 630 g/mol. The number of piperidine rings is 1. The van der Waals surface area contributed by atoms with Gasteiger partial charge >= 0.3 is 6.09 Å². The van der Waals surface area contributed by atoms with Crippen LogP contribution in [-0.2, 0) is 25.9 Å². The maximum Gasteiger partial charge on any atom is 0.404 e. The topological polar surface area (TPSA) is 152 Å². The molecule has 0 radical (unpaired) electrons. The number of rotatable bonds is 14. The zero-order valence-corrected chi connectivity index (χ0v) is 24.9. The number of carbonyl (C=O) groups is 1. The number of nitrogens with one attached hydrogen (secondary N) is 2. The van der Waals surface area contributed by atoms with Crippen LogP contribution in [0.5, 0.6) is 5.75 Å². The lowest BCUT2D eigenvalue weighted by molar-refractivity contribution is 0.0530. The van der Waals surface area contributed by atoms with E-state index in [1.807, 2.05) is 6.07 Å². The lowest BCUT2D eigenvalue weighted by Crippen LogP contribution is -2.52. The molecule has 2 aliphatic rings. The second-order valence-corrected chi connectivity index (χ2v) is 12.5. The van der Waals surface area contributed by atoms with Gasteiger partial charge in [0.15, 0.2) is 0 Å². The molecule has 2 aromatic rings. The van der Waals surface area contributed by atoms with Crippen LogP contribution in [0.15, 0.2) is 41.3 Å². The number of ether oxygens (including phenoxy) is 3. The van der Waals surface area contributed by atoms with E-state index in [1.165, 1.54) is 12.1 Å². The summed E-state index contributed by atoms with van der Waals surface area (Å²) in [5.41, 5.74) is 7.16. The Bertz CT molecular complexity index is 1280. The van der Waals surface area contributed by atoms with Crippen molar-refractivity contribution < 1.29 is 32.5 Å². The van der Waals surface area contributed by atoms with E-state index in [-0.39, 0.29) is 30.1 Å². The Balaban J connectivity index is 1.42. The highest BCUT2D eigenvalue weighted by molar-refractivity contribution is 7.89. The number of nitrogens with zero attached hydrogens (tertiary/aromatic N) is 1. The number of nitrogens with two attached hydrogens (primary N) is 1. The lowest BCUT2D eigenvalue weighted by atomic mass is 10.0. The first-order valence-electron chi connectivity index (χ1n) is 13.5. The molecule has 1 heterocycles. The van der Waals surface area contributed by atoms with Gasteiger partial charge in [0, 0.05) is 41.3 Å². The van der Waals surface area contributed by atoms with Crippen molar-refractivity contribution in [1.82, 2.24) is 14.9 Å². The van der Waals surface area contributed by atoms with Gasteiger partial charge in [0.1, 0.15) is 11.9 Å². The van der Waals surface area contributed by atoms with Crippen molar-refractivity contribution in [2.24, 2.45) is 5.73 Å². The van der Waals surface area contributed by atoms with Gasteiger partial charge in [-0.1, -0.05) is 23.2 Å². The van der Waals surface area contributed by atoms with Crippen LogP contribution in [0.2, 0.25) is 10.0 Å². The summed E-state index contributed by atoms with van der Waals surface area (Å²) in [5.74, 6) is 0.487. The van der Waals surface area contributed by atoms with Crippen molar-refractivity contribution in [3.63, 3.8) is 0 Å². The normalized spacial score (nSPS) is 21.0. The van der Waals surface area contributed by atoms with Crippen molar-refractivity contribution in [3.8, 4) is 5.75 Å². The number of likely N-dealkylation sites (tertiary alicyclic amines) is 1. The number of sulfonamides is 1. The number of carboxylic acid groups (broad SMARTS) is 1. The van der Waals surface area contributed by atoms with Crippen molar-refractivity contribution in [2.75, 3.05) is 52.6 Å². The average molecular weight is 632 g/mol. The summed E-state index contributed by atoms with van der Waals surface area (Å²) in [6, 6.07) is 9.48. The molecule has 1 saturated heterocycles. The smallest absolute Gasteiger partial charge is 0.404 e. The summed E-state index contributed by atoms with van der Waals surface area (Å²) >= 11 is 12.9. The zero-order valence-electron chi connectivity index (χ0n) is 22.6. The molecular formula is C27H36Cl2N4O7S. The minimum absolute atomic E-state index is 0.101. The van der Waals surface area contributed by atoms with E-state index in [0.717, 1.165) is 30.5 Å². The SMILES string of the molecule is NCCOCCOCCNS(=O)(=O)c1ccc(O[C@H]2c3cc(Cl)cc(Cl)c3C[C@@H]2N2CCCC(NC(=O)O)C2)cc1. The molecule has 226 valence electrons. The number of hydrogen-bond acceptors (Lipinski definition) is 8. The fourth-order valence-electron chi connectivity index (χ4n) is 5.26. The molecule has 2 aromatic carbocycles. The first-order chi connectivity index (χ1) is 19.7. The number of amides is 1. The van der Waals surface area contributed by atoms with E-state index in [2.05, 4.69) is 14.9 Å². The van der Waals surface area contributed by atoms with Gasteiger partial charge in [-0.05, 0) is 67.8 Å². The van der Waals surface area contributed by atoms with Gasteiger partial charge in [0.05, 0.1) is 37.4 Å². The number of fused-ring (bicyclic) bond motifs is 1. The van der Waals surface area contributed by atoms with E-state index in [9.17, 15) is 18.3 Å². The van der Waals surface area contributed by atoms with Crippen LogP contribution >= 0.6 is 23.2 Å². The highest BCUT2D eigenvalue weighted by Gasteiger charge is 2.41. The molecule has 0 spiro atoms. The second kappa shape index (κ2) is 14.8. The molecule has 4 rings (SSSR count). The summed E-state index contributed by atoms with van der Waals surface area (Å²) in [4.78, 5) is 13.6. The first kappa shape index (κ1) is 31.8. The molecule has 3 atom stereocenters. The summed E-state index contributed by atoms with van der Waals surface area (Å²) in [7, 11) is -3.74. The molecule has 41 heavy (non-hydrogen) atoms. The second-order valence-electron chi connectivity index (χ2n) is 9.93. The standard InChI is InChI=1S/C27H36Cl2N4O7S/c28-18-14-23-22(24(29)15-18)16-25(33-9-1-2-19(17-33)32-27(34)35)26(23)40-20-3-5-21(6-4-20)41(36,37)31-8-11-39-13-12-38-10-7-30/h3-6,14-15,19,25-26,31-32H,1-2,7-13,16-17,30H2,(H,34,35)/t19?,25-,26-/m0/s1. The summed E-state index contributed by atoms with van der Waals surface area (Å²) in [5, 5.41) is 12.9. The Labute approximate surface area is 250 Å². The highest BCUT2D eigenvalue weighted by atomic mass is 35.5.